The van der Waals surface area contributed by atoms with Crippen LogP contribution in [0.3, 0.4) is 0 Å². The smallest absolute Gasteiger partial charge is 0.265 e. The molecule has 1 aromatic heterocycles. The molecule has 1 N–H and O–H groups in total. The molecule has 1 heterocycles. The molecule has 0 amide bonds. The van der Waals surface area contributed by atoms with Gasteiger partial charge < -0.3 is 14.9 Å². The lowest BCUT2D eigenvalue weighted by Gasteiger charge is -2.21. The lowest BCUT2D eigenvalue weighted by Crippen LogP contribution is -3.09. The Labute approximate surface area is 644 Å². The van der Waals surface area contributed by atoms with Crippen LogP contribution >= 0.6 is 23.2 Å². The minimum absolute atomic E-state index is 0.265. The highest BCUT2D eigenvalue weighted by Gasteiger charge is 2.48. The Hall–Kier alpha value is -6.90. The van der Waals surface area contributed by atoms with Crippen LogP contribution in [0.15, 0.2) is 6.33 Å². The van der Waals surface area contributed by atoms with Crippen LogP contribution in [0.1, 0.15) is 219 Å². The summed E-state index contributed by atoms with van der Waals surface area (Å²) in [5.74, 6) is -90.4. The molecule has 628 valence electrons. The Bertz CT molecular complexity index is 3480. The fourth-order valence-corrected chi connectivity index (χ4v) is 12.6. The third-order valence-corrected chi connectivity index (χ3v) is 19.3. The molecule has 37 heteroatoms. The van der Waals surface area contributed by atoms with E-state index in [1.165, 1.54) is 225 Å². The summed E-state index contributed by atoms with van der Waals surface area (Å²) in [5, 5.41) is 0.531. The first-order valence-electron chi connectivity index (χ1n) is 36.6. The summed E-state index contributed by atoms with van der Waals surface area (Å²) in [6, 6.07) is 0. The summed E-state index contributed by atoms with van der Waals surface area (Å²) in [6.07, 6.45) is 48.4. The molecule has 7 rings (SSSR count). The number of quaternary nitrogens is 1. The van der Waals surface area contributed by atoms with Crippen molar-refractivity contribution >= 4 is 69.4 Å². The van der Waals surface area contributed by atoms with Crippen molar-refractivity contribution in [2.75, 3.05) is 20.1 Å². The van der Waals surface area contributed by atoms with Crippen LogP contribution in [0, 0.1) is 175 Å². The lowest BCUT2D eigenvalue weighted by molar-refractivity contribution is -0.880. The number of benzene rings is 6. The summed E-state index contributed by atoms with van der Waals surface area (Å²) in [5.41, 5.74) is -16.1. The van der Waals surface area contributed by atoms with Crippen molar-refractivity contribution in [3.63, 3.8) is 0 Å². The second kappa shape index (κ2) is 48.6. The van der Waals surface area contributed by atoms with E-state index in [-0.39, 0.29) is 10.3 Å². The van der Waals surface area contributed by atoms with E-state index in [0.717, 1.165) is 0 Å². The number of nitrogens with zero attached hydrogens (tertiary/aromatic N) is 2. The molecule has 7 aromatic rings. The van der Waals surface area contributed by atoms with Gasteiger partial charge in [-0.05, 0) is 25.7 Å². The maximum absolute atomic E-state index is 14.4. The predicted molar refractivity (Wildman–Crippen MR) is 370 cm³/mol. The summed E-state index contributed by atoms with van der Waals surface area (Å²) < 4.78 is 417. The normalized spacial score (nSPS) is 11.4. The van der Waals surface area contributed by atoms with Crippen LogP contribution in [0.25, 0.3) is 0 Å². The number of hydrogen-bond acceptors (Lipinski definition) is 1. The molecule has 0 unspecified atom stereocenters. The van der Waals surface area contributed by atoms with E-state index in [1.807, 2.05) is 0 Å². The zero-order chi connectivity index (χ0) is 84.8. The molecule has 0 aliphatic rings. The zero-order valence-corrected chi connectivity index (χ0v) is 62.8. The van der Waals surface area contributed by atoms with Crippen molar-refractivity contribution in [2.24, 2.45) is 0 Å². The molecule has 113 heavy (non-hydrogen) atoms. The van der Waals surface area contributed by atoms with Gasteiger partial charge in [0.1, 0.15) is 0 Å². The van der Waals surface area contributed by atoms with Gasteiger partial charge in [-0.3, -0.25) is 0 Å². The van der Waals surface area contributed by atoms with Crippen LogP contribution in [0.4, 0.5) is 132 Å². The van der Waals surface area contributed by atoms with E-state index in [4.69, 9.17) is 23.2 Å². The van der Waals surface area contributed by atoms with Crippen molar-refractivity contribution in [2.45, 2.75) is 219 Å². The van der Waals surface area contributed by atoms with Gasteiger partial charge in [-0.1, -0.05) is 223 Å². The molecular weight excluding hydrogens is 1620 g/mol. The highest BCUT2D eigenvalue weighted by molar-refractivity contribution is 6.96. The maximum Gasteiger partial charge on any atom is 0.265 e. The van der Waals surface area contributed by atoms with Crippen molar-refractivity contribution in [3.8, 4) is 0 Å². The highest BCUT2D eigenvalue weighted by atomic mass is 35.5. The van der Waals surface area contributed by atoms with E-state index in [1.54, 1.807) is 4.90 Å². The number of imidazole rings is 1. The van der Waals surface area contributed by atoms with Gasteiger partial charge in [-0.2, -0.15) is 0 Å². The van der Waals surface area contributed by atoms with Crippen LogP contribution in [0.5, 0.6) is 0 Å². The van der Waals surface area contributed by atoms with Crippen molar-refractivity contribution in [1.29, 1.82) is 0 Å². The second-order valence-electron chi connectivity index (χ2n) is 26.8. The Morgan fingerprint density at radius 2 is 0.363 bits per heavy atom. The van der Waals surface area contributed by atoms with Gasteiger partial charge in [0.05, 0.1) is 20.1 Å². The topological polar surface area (TPSA) is 31.4 Å². The van der Waals surface area contributed by atoms with Crippen molar-refractivity contribution in [3.05, 3.63) is 191 Å². The number of nitrogens with one attached hydrogen (secondary N) is 1. The van der Waals surface area contributed by atoms with Gasteiger partial charge >= 0.3 is 0 Å². The van der Waals surface area contributed by atoms with Crippen LogP contribution in [-0.4, -0.2) is 38.5 Å². The average Bonchev–Trinajstić information content (AvgIpc) is 0.850. The summed E-state index contributed by atoms with van der Waals surface area (Å²) in [6.45, 7) is -0.502. The molecule has 0 bridgehead atoms. The minimum atomic E-state index is -3.96. The summed E-state index contributed by atoms with van der Waals surface area (Å²) >= 11 is 10.6. The molecule has 0 saturated heterocycles. The molecule has 0 spiro atoms. The van der Waals surface area contributed by atoms with Gasteiger partial charge in [0.25, 0.3) is 13.4 Å². The number of rotatable bonds is 40. The number of aromatic nitrogens is 2. The molecule has 0 aliphatic heterocycles. The molecule has 0 atom stereocenters. The van der Waals surface area contributed by atoms with Gasteiger partial charge in [0.2, 0.25) is 0 Å². The Balaban J connectivity index is 0.000000341. The summed E-state index contributed by atoms with van der Waals surface area (Å²) in [4.78, 5) is 8.86. The van der Waals surface area contributed by atoms with E-state index in [9.17, 15) is 132 Å². The molecule has 6 aromatic carbocycles. The quantitative estimate of drug-likeness (QED) is 0.0136. The molecule has 0 saturated carbocycles. The minimum Gasteiger partial charge on any atom is -0.432 e. The Morgan fingerprint density at radius 3 is 0.478 bits per heavy atom. The monoisotopic (exact) mass is 1700 g/mol. The SMILES string of the molecule is CCCCCCCCCCCCCCCCCC[NH+](C)CCCCCCCCCCCCCCCCCC.Clc1nc[n-]c1Cl.Fc1c(F)c(F)c(B(c2c(F)c(F)c(F)c(F)c2F)c2c(F)c(F)c(F)c(F)c2F)c(F)c1F.Fc1c(F)c(F)c(B(c2c(F)c(F)c(F)c(F)c2F)c2c(F)c(F)c(F)c(F)c2F)c(F)c1F. The third kappa shape index (κ3) is 26.0. The largest absolute Gasteiger partial charge is 0.432 e. The number of hydrogen-bond donors (Lipinski definition) is 1. The second-order valence-corrected chi connectivity index (χ2v) is 27.5. The Kier molecular flexibility index (Phi) is 42.3. The zero-order valence-electron chi connectivity index (χ0n) is 61.3. The molecule has 0 fully saturated rings. The molecule has 3 nitrogen and oxygen atoms in total. The predicted octanol–water partition coefficient (Wildman–Crippen LogP) is 21.9. The fourth-order valence-electron chi connectivity index (χ4n) is 12.4. The van der Waals surface area contributed by atoms with Crippen LogP contribution in [-0.2, 0) is 0 Å². The van der Waals surface area contributed by atoms with Gasteiger partial charge in [-0.15, -0.1) is 0 Å². The van der Waals surface area contributed by atoms with Crippen LogP contribution in [0.2, 0.25) is 10.3 Å². The van der Waals surface area contributed by atoms with E-state index in [0.29, 0.717) is 0 Å². The van der Waals surface area contributed by atoms with Gasteiger partial charge in [0.15, 0.2) is 175 Å². The molecular formula is C76H79B2Cl2F30N3. The Morgan fingerprint density at radius 1 is 0.230 bits per heavy atom. The highest BCUT2D eigenvalue weighted by Crippen LogP contribution is 2.28. The lowest BCUT2D eigenvalue weighted by atomic mass is 9.36. The van der Waals surface area contributed by atoms with E-state index >= 15 is 0 Å². The molecule has 0 aliphatic carbocycles. The fraction of sp³-hybridized carbons (Fsp3) is 0.487. The van der Waals surface area contributed by atoms with Crippen molar-refractivity contribution < 1.29 is 137 Å². The standard InChI is InChI=1S/C37H77N.2C18BF15.C3HCl2N2/c1-4-6-8-10-12-14-16-18-20-22-24-26-28-30-32-34-36-38(3)37-35-33-31-29-27-25-23-21-19-17-15-13-11-9-7-5-2;2*20-4-1(5(21)11(27)16(32)10(4)26)19(2-6(22)12(28)17(33)13(29)7(2)23)3-8(24)14(30)18(34)15(31)9(3)25;4-2-3(5)7-1-6-2/h4-37H2,1-3H3;;;1H/q;;;-1/p+1. The van der Waals surface area contributed by atoms with E-state index in [2.05, 4.69) is 30.9 Å². The number of halogens is 32. The van der Waals surface area contributed by atoms with Crippen molar-refractivity contribution in [1.82, 2.24) is 9.97 Å². The first kappa shape index (κ1) is 98.5. The number of unbranched alkanes of at least 4 members (excludes halogenated alkanes) is 30. The first-order chi connectivity index (χ1) is 53.4. The average molecular weight is 1700 g/mol. The van der Waals surface area contributed by atoms with Crippen LogP contribution < -0.4 is 42.7 Å². The summed E-state index contributed by atoms with van der Waals surface area (Å²) in [7, 11) is 2.43. The molecule has 0 radical (unpaired) electrons. The van der Waals surface area contributed by atoms with Gasteiger partial charge in [-0.25, -0.2) is 132 Å². The third-order valence-electron chi connectivity index (χ3n) is 18.6. The first-order valence-corrected chi connectivity index (χ1v) is 37.4. The van der Waals surface area contributed by atoms with E-state index < -0.39 is 221 Å². The maximum atomic E-state index is 14.4. The van der Waals surface area contributed by atoms with Gasteiger partial charge in [0, 0.05) is 43.1 Å².